The first-order valence-electron chi connectivity index (χ1n) is 5.53. The second-order valence-corrected chi connectivity index (χ2v) is 4.05. The van der Waals surface area contributed by atoms with Crippen LogP contribution >= 0.6 is 0 Å². The van der Waals surface area contributed by atoms with Crippen LogP contribution in [0.25, 0.3) is 0 Å². The summed E-state index contributed by atoms with van der Waals surface area (Å²) >= 11 is 0. The second-order valence-electron chi connectivity index (χ2n) is 4.05. The van der Waals surface area contributed by atoms with Crippen molar-refractivity contribution in [3.05, 3.63) is 28.3 Å². The standard InChI is InChI=1S/C13H20O2/c1-4-5-6-11-7-13(15)10(3)12(8-14)9(11)2/h7,14-15H,4-6,8H2,1-3H3. The Labute approximate surface area is 91.6 Å². The highest BCUT2D eigenvalue weighted by Gasteiger charge is 2.10. The highest BCUT2D eigenvalue weighted by molar-refractivity contribution is 5.47. The number of aliphatic hydroxyl groups excluding tert-OH is 1. The van der Waals surface area contributed by atoms with Gasteiger partial charge in [0, 0.05) is 0 Å². The normalized spacial score (nSPS) is 10.7. The monoisotopic (exact) mass is 208 g/mol. The molecule has 2 nitrogen and oxygen atoms in total. The zero-order chi connectivity index (χ0) is 11.4. The van der Waals surface area contributed by atoms with Crippen molar-refractivity contribution < 1.29 is 10.2 Å². The van der Waals surface area contributed by atoms with E-state index in [4.69, 9.17) is 0 Å². The third kappa shape index (κ3) is 2.51. The van der Waals surface area contributed by atoms with Crippen molar-refractivity contribution in [3.63, 3.8) is 0 Å². The molecule has 0 saturated carbocycles. The molecule has 84 valence electrons. The summed E-state index contributed by atoms with van der Waals surface area (Å²) in [5.41, 5.74) is 3.96. The van der Waals surface area contributed by atoms with E-state index in [-0.39, 0.29) is 6.61 Å². The fourth-order valence-corrected chi connectivity index (χ4v) is 1.88. The molecule has 1 rings (SSSR count). The molecule has 0 saturated heterocycles. The van der Waals surface area contributed by atoms with E-state index in [9.17, 15) is 10.2 Å². The van der Waals surface area contributed by atoms with E-state index in [1.807, 2.05) is 19.9 Å². The molecular formula is C13H20O2. The molecule has 0 bridgehead atoms. The topological polar surface area (TPSA) is 40.5 Å². The maximum atomic E-state index is 9.72. The van der Waals surface area contributed by atoms with Crippen LogP contribution in [-0.2, 0) is 13.0 Å². The molecule has 0 fully saturated rings. The largest absolute Gasteiger partial charge is 0.508 e. The van der Waals surface area contributed by atoms with Crippen LogP contribution in [0.4, 0.5) is 0 Å². The van der Waals surface area contributed by atoms with Crippen LogP contribution in [0.2, 0.25) is 0 Å². The third-order valence-electron chi connectivity index (χ3n) is 3.04. The third-order valence-corrected chi connectivity index (χ3v) is 3.04. The minimum atomic E-state index is 0.00515. The van der Waals surface area contributed by atoms with Crippen LogP contribution < -0.4 is 0 Å². The number of hydrogen-bond donors (Lipinski definition) is 2. The van der Waals surface area contributed by atoms with E-state index in [1.54, 1.807) is 0 Å². The van der Waals surface area contributed by atoms with E-state index < -0.39 is 0 Å². The summed E-state index contributed by atoms with van der Waals surface area (Å²) in [6.45, 7) is 6.02. The Bertz CT molecular complexity index is 343. The molecule has 0 spiro atoms. The van der Waals surface area contributed by atoms with E-state index in [2.05, 4.69) is 6.92 Å². The lowest BCUT2D eigenvalue weighted by Gasteiger charge is -2.14. The first-order chi connectivity index (χ1) is 7.11. The van der Waals surface area contributed by atoms with Crippen LogP contribution in [0.15, 0.2) is 6.07 Å². The molecule has 0 atom stereocenters. The summed E-state index contributed by atoms with van der Waals surface area (Å²) in [6.07, 6.45) is 3.24. The summed E-state index contributed by atoms with van der Waals surface area (Å²) in [5.74, 6) is 0.302. The molecule has 0 aliphatic carbocycles. The number of phenolic OH excluding ortho intramolecular Hbond substituents is 1. The average Bonchev–Trinajstić information content (AvgIpc) is 2.22. The van der Waals surface area contributed by atoms with Crippen LogP contribution in [-0.4, -0.2) is 10.2 Å². The van der Waals surface area contributed by atoms with Crippen LogP contribution in [0.3, 0.4) is 0 Å². The first kappa shape index (κ1) is 12.1. The molecule has 2 heteroatoms. The molecule has 0 heterocycles. The van der Waals surface area contributed by atoms with Gasteiger partial charge in [0.25, 0.3) is 0 Å². The molecule has 0 unspecified atom stereocenters. The Balaban J connectivity index is 3.12. The Kier molecular flexibility index (Phi) is 4.15. The van der Waals surface area contributed by atoms with E-state index >= 15 is 0 Å². The number of aryl methyl sites for hydroxylation is 1. The number of unbranched alkanes of at least 4 members (excludes halogenated alkanes) is 1. The first-order valence-corrected chi connectivity index (χ1v) is 5.53. The van der Waals surface area contributed by atoms with Gasteiger partial charge < -0.3 is 10.2 Å². The van der Waals surface area contributed by atoms with Crippen molar-refractivity contribution in [2.45, 2.75) is 46.6 Å². The quantitative estimate of drug-likeness (QED) is 0.798. The summed E-state index contributed by atoms with van der Waals surface area (Å²) < 4.78 is 0. The van der Waals surface area contributed by atoms with Crippen molar-refractivity contribution in [1.29, 1.82) is 0 Å². The molecule has 1 aromatic rings. The molecule has 15 heavy (non-hydrogen) atoms. The Morgan fingerprint density at radius 3 is 2.40 bits per heavy atom. The maximum Gasteiger partial charge on any atom is 0.119 e. The minimum Gasteiger partial charge on any atom is -0.508 e. The summed E-state index contributed by atoms with van der Waals surface area (Å²) in [5, 5.41) is 19.0. The van der Waals surface area contributed by atoms with Crippen molar-refractivity contribution in [2.24, 2.45) is 0 Å². The van der Waals surface area contributed by atoms with Crippen LogP contribution in [0.1, 0.15) is 42.0 Å². The zero-order valence-corrected chi connectivity index (χ0v) is 9.80. The fourth-order valence-electron chi connectivity index (χ4n) is 1.88. The molecule has 1 aromatic carbocycles. The highest BCUT2D eigenvalue weighted by Crippen LogP contribution is 2.28. The van der Waals surface area contributed by atoms with Crippen molar-refractivity contribution in [2.75, 3.05) is 0 Å². The van der Waals surface area contributed by atoms with Gasteiger partial charge in [0.05, 0.1) is 6.61 Å². The molecule has 0 aliphatic heterocycles. The minimum absolute atomic E-state index is 0.00515. The lowest BCUT2D eigenvalue weighted by atomic mass is 9.94. The Hall–Kier alpha value is -1.02. The smallest absolute Gasteiger partial charge is 0.119 e. The summed E-state index contributed by atoms with van der Waals surface area (Å²) in [4.78, 5) is 0. The van der Waals surface area contributed by atoms with Gasteiger partial charge >= 0.3 is 0 Å². The SMILES string of the molecule is CCCCc1cc(O)c(C)c(CO)c1C. The average molecular weight is 208 g/mol. The van der Waals surface area contributed by atoms with Gasteiger partial charge in [-0.25, -0.2) is 0 Å². The Morgan fingerprint density at radius 1 is 1.20 bits per heavy atom. The number of phenols is 1. The van der Waals surface area contributed by atoms with Gasteiger partial charge in [-0.3, -0.25) is 0 Å². The van der Waals surface area contributed by atoms with E-state index in [0.29, 0.717) is 5.75 Å². The molecule has 0 radical (unpaired) electrons. The molecular weight excluding hydrogens is 188 g/mol. The number of hydrogen-bond acceptors (Lipinski definition) is 2. The maximum absolute atomic E-state index is 9.72. The van der Waals surface area contributed by atoms with Gasteiger partial charge in [-0.2, -0.15) is 0 Å². The number of benzene rings is 1. The lowest BCUT2D eigenvalue weighted by Crippen LogP contribution is -1.99. The predicted octanol–water partition coefficient (Wildman–Crippen LogP) is 2.84. The van der Waals surface area contributed by atoms with Crippen molar-refractivity contribution in [3.8, 4) is 5.75 Å². The van der Waals surface area contributed by atoms with Crippen LogP contribution in [0.5, 0.6) is 5.75 Å². The van der Waals surface area contributed by atoms with Crippen molar-refractivity contribution in [1.82, 2.24) is 0 Å². The lowest BCUT2D eigenvalue weighted by molar-refractivity contribution is 0.279. The van der Waals surface area contributed by atoms with Crippen LogP contribution in [0, 0.1) is 13.8 Å². The van der Waals surface area contributed by atoms with Gasteiger partial charge in [-0.05, 0) is 55.0 Å². The van der Waals surface area contributed by atoms with Gasteiger partial charge in [0.2, 0.25) is 0 Å². The van der Waals surface area contributed by atoms with Gasteiger partial charge in [0.1, 0.15) is 5.75 Å². The second kappa shape index (κ2) is 5.17. The van der Waals surface area contributed by atoms with Crippen molar-refractivity contribution >= 4 is 0 Å². The number of aliphatic hydroxyl groups is 1. The van der Waals surface area contributed by atoms with Gasteiger partial charge in [0.15, 0.2) is 0 Å². The zero-order valence-electron chi connectivity index (χ0n) is 9.80. The highest BCUT2D eigenvalue weighted by atomic mass is 16.3. The van der Waals surface area contributed by atoms with E-state index in [0.717, 1.165) is 41.5 Å². The number of rotatable bonds is 4. The molecule has 2 N–H and O–H groups in total. The Morgan fingerprint density at radius 2 is 1.87 bits per heavy atom. The number of aromatic hydroxyl groups is 1. The summed E-state index contributed by atoms with van der Waals surface area (Å²) in [6, 6.07) is 1.83. The molecule has 0 aliphatic rings. The molecule has 0 aromatic heterocycles. The fraction of sp³-hybridized carbons (Fsp3) is 0.538. The van der Waals surface area contributed by atoms with Gasteiger partial charge in [-0.1, -0.05) is 13.3 Å². The predicted molar refractivity (Wildman–Crippen MR) is 62.1 cm³/mol. The molecule has 0 amide bonds. The van der Waals surface area contributed by atoms with Gasteiger partial charge in [-0.15, -0.1) is 0 Å². The van der Waals surface area contributed by atoms with E-state index in [1.165, 1.54) is 0 Å². The summed E-state index contributed by atoms with van der Waals surface area (Å²) in [7, 11) is 0.